The van der Waals surface area contributed by atoms with E-state index < -0.39 is 5.38 Å². The predicted octanol–water partition coefficient (Wildman–Crippen LogP) is 4.55. The highest BCUT2D eigenvalue weighted by Gasteiger charge is 2.14. The molecule has 2 aromatic rings. The van der Waals surface area contributed by atoms with Crippen LogP contribution in [-0.4, -0.2) is 6.61 Å². The highest BCUT2D eigenvalue weighted by atomic mass is 35.5. The third-order valence-electron chi connectivity index (χ3n) is 2.66. The van der Waals surface area contributed by atoms with E-state index in [9.17, 15) is 4.39 Å². The molecule has 18 heavy (non-hydrogen) atoms. The average molecular weight is 265 g/mol. The first-order valence-corrected chi connectivity index (χ1v) is 6.27. The Balaban J connectivity index is 2.23. The van der Waals surface area contributed by atoms with Crippen LogP contribution in [0, 0.1) is 5.82 Å². The van der Waals surface area contributed by atoms with Crippen molar-refractivity contribution in [2.24, 2.45) is 0 Å². The Morgan fingerprint density at radius 3 is 2.39 bits per heavy atom. The molecule has 0 radical (unpaired) electrons. The van der Waals surface area contributed by atoms with Gasteiger partial charge in [0.25, 0.3) is 0 Å². The summed E-state index contributed by atoms with van der Waals surface area (Å²) in [4.78, 5) is 0. The Morgan fingerprint density at radius 2 is 1.78 bits per heavy atom. The molecular formula is C15H14ClFO. The van der Waals surface area contributed by atoms with E-state index in [2.05, 4.69) is 0 Å². The van der Waals surface area contributed by atoms with E-state index in [0.717, 1.165) is 11.3 Å². The molecule has 0 fully saturated rings. The second-order valence-electron chi connectivity index (χ2n) is 3.89. The first kappa shape index (κ1) is 12.9. The van der Waals surface area contributed by atoms with Crippen LogP contribution in [0.3, 0.4) is 0 Å². The topological polar surface area (TPSA) is 9.23 Å². The molecule has 0 aliphatic heterocycles. The summed E-state index contributed by atoms with van der Waals surface area (Å²) in [6, 6.07) is 13.9. The Bertz CT molecular complexity index is 510. The van der Waals surface area contributed by atoms with Crippen LogP contribution < -0.4 is 4.74 Å². The maximum atomic E-state index is 13.6. The Labute approximate surface area is 111 Å². The zero-order chi connectivity index (χ0) is 13.0. The highest BCUT2D eigenvalue weighted by molar-refractivity contribution is 6.22. The van der Waals surface area contributed by atoms with Gasteiger partial charge in [-0.3, -0.25) is 0 Å². The van der Waals surface area contributed by atoms with E-state index in [1.54, 1.807) is 18.2 Å². The van der Waals surface area contributed by atoms with Gasteiger partial charge < -0.3 is 4.74 Å². The SMILES string of the molecule is CCOc1ccc(C(Cl)c2ccccc2F)cc1. The molecule has 94 valence electrons. The van der Waals surface area contributed by atoms with Gasteiger partial charge in [0.05, 0.1) is 12.0 Å². The van der Waals surface area contributed by atoms with Gasteiger partial charge in [0, 0.05) is 5.56 Å². The first-order chi connectivity index (χ1) is 8.72. The Morgan fingerprint density at radius 1 is 1.11 bits per heavy atom. The number of ether oxygens (including phenoxy) is 1. The number of alkyl halides is 1. The van der Waals surface area contributed by atoms with E-state index in [1.807, 2.05) is 31.2 Å². The minimum atomic E-state index is -0.484. The molecule has 0 aliphatic rings. The van der Waals surface area contributed by atoms with Crippen LogP contribution in [0.5, 0.6) is 5.75 Å². The second-order valence-corrected chi connectivity index (χ2v) is 4.32. The van der Waals surface area contributed by atoms with Crippen molar-refractivity contribution in [3.8, 4) is 5.75 Å². The minimum Gasteiger partial charge on any atom is -0.494 e. The summed E-state index contributed by atoms with van der Waals surface area (Å²) in [6.45, 7) is 2.55. The van der Waals surface area contributed by atoms with Crippen molar-refractivity contribution < 1.29 is 9.13 Å². The van der Waals surface area contributed by atoms with Crippen molar-refractivity contribution in [3.05, 3.63) is 65.5 Å². The van der Waals surface area contributed by atoms with Gasteiger partial charge in [-0.15, -0.1) is 11.6 Å². The fourth-order valence-electron chi connectivity index (χ4n) is 1.76. The third-order valence-corrected chi connectivity index (χ3v) is 3.15. The smallest absolute Gasteiger partial charge is 0.128 e. The number of halogens is 2. The maximum absolute atomic E-state index is 13.6. The summed E-state index contributed by atoms with van der Waals surface area (Å²) in [5.74, 6) is 0.505. The van der Waals surface area contributed by atoms with Crippen LogP contribution in [0.4, 0.5) is 4.39 Å². The van der Waals surface area contributed by atoms with Crippen molar-refractivity contribution in [1.29, 1.82) is 0 Å². The summed E-state index contributed by atoms with van der Waals surface area (Å²) in [7, 11) is 0. The third kappa shape index (κ3) is 2.82. The number of hydrogen-bond acceptors (Lipinski definition) is 1. The van der Waals surface area contributed by atoms with E-state index in [0.29, 0.717) is 12.2 Å². The van der Waals surface area contributed by atoms with Crippen LogP contribution in [0.25, 0.3) is 0 Å². The molecule has 1 unspecified atom stereocenters. The van der Waals surface area contributed by atoms with Crippen LogP contribution in [-0.2, 0) is 0 Å². The van der Waals surface area contributed by atoms with Gasteiger partial charge in [0.2, 0.25) is 0 Å². The van der Waals surface area contributed by atoms with Gasteiger partial charge >= 0.3 is 0 Å². The van der Waals surface area contributed by atoms with Crippen molar-refractivity contribution >= 4 is 11.6 Å². The molecule has 0 saturated carbocycles. The second kappa shape index (κ2) is 5.87. The molecule has 0 saturated heterocycles. The van der Waals surface area contributed by atoms with Crippen molar-refractivity contribution in [2.75, 3.05) is 6.61 Å². The molecule has 2 rings (SSSR count). The summed E-state index contributed by atoms with van der Waals surface area (Å²) < 4.78 is 19.0. The summed E-state index contributed by atoms with van der Waals surface area (Å²) >= 11 is 6.29. The molecular weight excluding hydrogens is 251 g/mol. The molecule has 1 atom stereocenters. The fraction of sp³-hybridized carbons (Fsp3) is 0.200. The highest BCUT2D eigenvalue weighted by Crippen LogP contribution is 2.31. The molecule has 0 aromatic heterocycles. The Kier molecular flexibility index (Phi) is 4.21. The van der Waals surface area contributed by atoms with E-state index >= 15 is 0 Å². The maximum Gasteiger partial charge on any atom is 0.128 e. The number of hydrogen-bond donors (Lipinski definition) is 0. The lowest BCUT2D eigenvalue weighted by Gasteiger charge is -2.12. The lowest BCUT2D eigenvalue weighted by molar-refractivity contribution is 0.340. The molecule has 0 amide bonds. The number of benzene rings is 2. The average Bonchev–Trinajstić information content (AvgIpc) is 2.40. The zero-order valence-electron chi connectivity index (χ0n) is 10.1. The van der Waals surface area contributed by atoms with Gasteiger partial charge in [0.15, 0.2) is 0 Å². The molecule has 1 nitrogen and oxygen atoms in total. The van der Waals surface area contributed by atoms with Gasteiger partial charge in [0.1, 0.15) is 11.6 Å². The van der Waals surface area contributed by atoms with E-state index in [1.165, 1.54) is 6.07 Å². The van der Waals surface area contributed by atoms with Crippen molar-refractivity contribution in [2.45, 2.75) is 12.3 Å². The summed E-state index contributed by atoms with van der Waals surface area (Å²) in [5.41, 5.74) is 1.34. The van der Waals surface area contributed by atoms with Crippen molar-refractivity contribution in [1.82, 2.24) is 0 Å². The first-order valence-electron chi connectivity index (χ1n) is 5.83. The molecule has 0 spiro atoms. The predicted molar refractivity (Wildman–Crippen MR) is 71.7 cm³/mol. The van der Waals surface area contributed by atoms with Crippen LogP contribution in [0.15, 0.2) is 48.5 Å². The summed E-state index contributed by atoms with van der Waals surface area (Å²) in [5, 5.41) is -0.484. The minimum absolute atomic E-state index is 0.286. The molecule has 0 N–H and O–H groups in total. The molecule has 0 heterocycles. The lowest BCUT2D eigenvalue weighted by atomic mass is 10.0. The zero-order valence-corrected chi connectivity index (χ0v) is 10.8. The Hall–Kier alpha value is -1.54. The molecule has 0 bridgehead atoms. The molecule has 2 aromatic carbocycles. The monoisotopic (exact) mass is 264 g/mol. The van der Waals surface area contributed by atoms with Crippen LogP contribution in [0.1, 0.15) is 23.4 Å². The van der Waals surface area contributed by atoms with E-state index in [4.69, 9.17) is 16.3 Å². The van der Waals surface area contributed by atoms with Crippen LogP contribution in [0.2, 0.25) is 0 Å². The molecule has 3 heteroatoms. The van der Waals surface area contributed by atoms with Gasteiger partial charge in [-0.05, 0) is 30.7 Å². The van der Waals surface area contributed by atoms with Crippen molar-refractivity contribution in [3.63, 3.8) is 0 Å². The van der Waals surface area contributed by atoms with E-state index in [-0.39, 0.29) is 5.82 Å². The number of rotatable bonds is 4. The lowest BCUT2D eigenvalue weighted by Crippen LogP contribution is -1.97. The molecule has 0 aliphatic carbocycles. The summed E-state index contributed by atoms with van der Waals surface area (Å²) in [6.07, 6.45) is 0. The fourth-order valence-corrected chi connectivity index (χ4v) is 2.08. The van der Waals surface area contributed by atoms with Gasteiger partial charge in [-0.25, -0.2) is 4.39 Å². The quantitative estimate of drug-likeness (QED) is 0.736. The largest absolute Gasteiger partial charge is 0.494 e. The van der Waals surface area contributed by atoms with Gasteiger partial charge in [-0.2, -0.15) is 0 Å². The standard InChI is InChI=1S/C15H14ClFO/c1-2-18-12-9-7-11(8-10-12)15(16)13-5-3-4-6-14(13)17/h3-10,15H,2H2,1H3. The van der Waals surface area contributed by atoms with Gasteiger partial charge in [-0.1, -0.05) is 30.3 Å². The van der Waals surface area contributed by atoms with Crippen LogP contribution >= 0.6 is 11.6 Å². The normalized spacial score (nSPS) is 12.2.